The molecule has 3 aliphatic heterocycles. The van der Waals surface area contributed by atoms with Crippen LogP contribution in [-0.4, -0.2) is 86.2 Å². The Kier molecular flexibility index (Phi) is 7.51. The van der Waals surface area contributed by atoms with Crippen molar-refractivity contribution in [1.29, 1.82) is 0 Å². The summed E-state index contributed by atoms with van der Waals surface area (Å²) >= 11 is 0. The molecule has 0 unspecified atom stereocenters. The first-order valence-corrected chi connectivity index (χ1v) is 15.3. The van der Waals surface area contributed by atoms with E-state index in [4.69, 9.17) is 9.47 Å². The molecule has 0 radical (unpaired) electrons. The van der Waals surface area contributed by atoms with Gasteiger partial charge in [-0.15, -0.1) is 0 Å². The van der Waals surface area contributed by atoms with Gasteiger partial charge >= 0.3 is 6.18 Å². The molecule has 0 spiro atoms. The molecule has 0 atom stereocenters. The first-order chi connectivity index (χ1) is 19.7. The zero-order valence-corrected chi connectivity index (χ0v) is 23.5. The van der Waals surface area contributed by atoms with Gasteiger partial charge in [-0.05, 0) is 31.9 Å². The molecule has 2 fully saturated rings. The number of aromatic amines is 1. The number of fused-ring (bicyclic) bond motifs is 2. The van der Waals surface area contributed by atoms with Crippen molar-refractivity contribution in [1.82, 2.24) is 19.2 Å². The second-order valence-electron chi connectivity index (χ2n) is 10.4. The van der Waals surface area contributed by atoms with E-state index in [2.05, 4.69) is 25.5 Å². The van der Waals surface area contributed by atoms with Gasteiger partial charge in [0.05, 0.1) is 41.4 Å². The molecule has 14 heteroatoms. The van der Waals surface area contributed by atoms with Crippen LogP contribution in [0.1, 0.15) is 30.9 Å². The van der Waals surface area contributed by atoms with Gasteiger partial charge in [-0.25, -0.2) is 13.4 Å². The summed E-state index contributed by atoms with van der Waals surface area (Å²) in [7, 11) is -3.74. The molecular formula is C27H33F3N6O4S. The highest BCUT2D eigenvalue weighted by molar-refractivity contribution is 7.89. The van der Waals surface area contributed by atoms with Gasteiger partial charge in [0, 0.05) is 68.7 Å². The zero-order valence-electron chi connectivity index (χ0n) is 22.7. The van der Waals surface area contributed by atoms with Gasteiger partial charge in [-0.3, -0.25) is 4.90 Å². The number of alkyl halides is 3. The molecule has 41 heavy (non-hydrogen) atoms. The highest BCUT2D eigenvalue weighted by Crippen LogP contribution is 2.42. The molecule has 0 aliphatic carbocycles. The molecule has 2 aromatic heterocycles. The number of hydrogen-bond donors (Lipinski definition) is 3. The Hall–Kier alpha value is -3.07. The van der Waals surface area contributed by atoms with Crippen LogP contribution in [0.4, 0.5) is 30.4 Å². The van der Waals surface area contributed by atoms with Crippen molar-refractivity contribution in [2.24, 2.45) is 0 Å². The van der Waals surface area contributed by atoms with Crippen LogP contribution < -0.4 is 15.4 Å². The van der Waals surface area contributed by atoms with Crippen molar-refractivity contribution < 1.29 is 31.1 Å². The maximum absolute atomic E-state index is 13.7. The smallest absolute Gasteiger partial charge is 0.418 e. The van der Waals surface area contributed by atoms with Crippen molar-refractivity contribution >= 4 is 38.2 Å². The Labute approximate surface area is 236 Å². The Bertz CT molecular complexity index is 1530. The number of sulfonamides is 1. The van der Waals surface area contributed by atoms with E-state index in [9.17, 15) is 21.6 Å². The van der Waals surface area contributed by atoms with Gasteiger partial charge in [0.25, 0.3) is 0 Å². The van der Waals surface area contributed by atoms with Crippen molar-refractivity contribution in [3.05, 3.63) is 35.5 Å². The largest absolute Gasteiger partial charge is 0.491 e. The van der Waals surface area contributed by atoms with Crippen LogP contribution in [0, 0.1) is 0 Å². The summed E-state index contributed by atoms with van der Waals surface area (Å²) in [6, 6.07) is 5.08. The van der Waals surface area contributed by atoms with Gasteiger partial charge in [0.15, 0.2) is 0 Å². The number of aromatic nitrogens is 2. The Morgan fingerprint density at radius 3 is 2.56 bits per heavy atom. The lowest BCUT2D eigenvalue weighted by Crippen LogP contribution is -2.50. The third kappa shape index (κ3) is 5.33. The normalized spacial score (nSPS) is 19.3. The molecule has 10 nitrogen and oxygen atoms in total. The fraction of sp³-hybridized carbons (Fsp3) is 0.519. The van der Waals surface area contributed by atoms with Gasteiger partial charge in [-0.1, -0.05) is 0 Å². The summed E-state index contributed by atoms with van der Waals surface area (Å²) in [5.41, 5.74) is 0.661. The van der Waals surface area contributed by atoms with E-state index in [1.807, 2.05) is 0 Å². The summed E-state index contributed by atoms with van der Waals surface area (Å²) in [5, 5.41) is 6.10. The molecular weight excluding hydrogens is 561 g/mol. The molecule has 0 saturated carbocycles. The van der Waals surface area contributed by atoms with E-state index in [1.54, 1.807) is 23.4 Å². The lowest BCUT2D eigenvalue weighted by Gasteiger charge is -2.39. The number of benzene rings is 1. The van der Waals surface area contributed by atoms with Crippen LogP contribution in [0.25, 0.3) is 11.0 Å². The predicted molar refractivity (Wildman–Crippen MR) is 148 cm³/mol. The minimum Gasteiger partial charge on any atom is -0.491 e. The Morgan fingerprint density at radius 1 is 1.10 bits per heavy atom. The highest BCUT2D eigenvalue weighted by atomic mass is 32.2. The van der Waals surface area contributed by atoms with E-state index in [-0.39, 0.29) is 21.6 Å². The Balaban J connectivity index is 1.25. The number of H-pyrrole nitrogens is 1. The summed E-state index contributed by atoms with van der Waals surface area (Å²) in [6.07, 6.45) is -1.65. The third-order valence-electron chi connectivity index (χ3n) is 8.00. The molecule has 3 aliphatic rings. The standard InChI is InChI=1S/C27H33F3N6O4S/c1-2-31-21-15-23(34-26-24(21)19(16-32-26)27(28,29)30)33-20-3-4-22(18-7-12-40-25(18)20)41(37,38)36-8-5-17(6-9-36)35-10-13-39-14-11-35/h3-4,15-17H,2,5-14H2,1H3,(H3,31,32,33,34). The average Bonchev–Trinajstić information content (AvgIpc) is 3.62. The fourth-order valence-electron chi connectivity index (χ4n) is 6.03. The first kappa shape index (κ1) is 28.1. The maximum Gasteiger partial charge on any atom is 0.418 e. The number of nitrogens with one attached hydrogen (secondary N) is 3. The molecule has 1 aromatic carbocycles. The molecule has 0 bridgehead atoms. The number of ether oxygens (including phenoxy) is 2. The molecule has 222 valence electrons. The van der Waals surface area contributed by atoms with Gasteiger partial charge in [0.2, 0.25) is 10.0 Å². The van der Waals surface area contributed by atoms with Crippen molar-refractivity contribution in [2.75, 3.05) is 63.2 Å². The number of anilines is 3. The molecule has 6 rings (SSSR count). The highest BCUT2D eigenvalue weighted by Gasteiger charge is 2.37. The van der Waals surface area contributed by atoms with E-state index in [1.165, 1.54) is 6.07 Å². The fourth-order valence-corrected chi connectivity index (χ4v) is 7.74. The van der Waals surface area contributed by atoms with Crippen molar-refractivity contribution in [3.63, 3.8) is 0 Å². The number of pyridine rings is 1. The van der Waals surface area contributed by atoms with E-state index >= 15 is 0 Å². The summed E-state index contributed by atoms with van der Waals surface area (Å²) in [5.74, 6) is 0.714. The minimum atomic E-state index is -4.53. The minimum absolute atomic E-state index is 0.0368. The molecule has 2 saturated heterocycles. The monoisotopic (exact) mass is 594 g/mol. The first-order valence-electron chi connectivity index (χ1n) is 13.9. The van der Waals surface area contributed by atoms with Crippen LogP contribution in [0.2, 0.25) is 0 Å². The zero-order chi connectivity index (χ0) is 28.8. The summed E-state index contributed by atoms with van der Waals surface area (Å²) in [6.45, 7) is 6.62. The summed E-state index contributed by atoms with van der Waals surface area (Å²) in [4.78, 5) is 9.61. The topological polar surface area (TPSA) is 112 Å². The maximum atomic E-state index is 13.7. The SMILES string of the molecule is CCNc1cc(Nc2ccc(S(=O)(=O)N3CCC(N4CCOCC4)CC3)c3c2OCC3)nc2[nH]cc(C(F)(F)F)c12. The average molecular weight is 595 g/mol. The molecule has 0 amide bonds. The summed E-state index contributed by atoms with van der Waals surface area (Å²) < 4.78 is 81.1. The van der Waals surface area contributed by atoms with Gasteiger partial charge < -0.3 is 25.1 Å². The number of piperidine rings is 1. The molecule has 3 N–H and O–H groups in total. The number of hydrogen-bond acceptors (Lipinski definition) is 8. The van der Waals surface area contributed by atoms with Crippen LogP contribution >= 0.6 is 0 Å². The number of halogens is 3. The van der Waals surface area contributed by atoms with Crippen LogP contribution in [-0.2, 0) is 27.4 Å². The second kappa shape index (κ2) is 11.0. The van der Waals surface area contributed by atoms with Crippen molar-refractivity contribution in [3.8, 4) is 5.75 Å². The molecule has 3 aromatic rings. The van der Waals surface area contributed by atoms with Gasteiger partial charge in [-0.2, -0.15) is 17.5 Å². The number of rotatable bonds is 7. The number of nitrogens with zero attached hydrogens (tertiary/aromatic N) is 3. The third-order valence-corrected chi connectivity index (χ3v) is 9.98. The van der Waals surface area contributed by atoms with Crippen molar-refractivity contribution in [2.45, 2.75) is 43.3 Å². The lowest BCUT2D eigenvalue weighted by atomic mass is 10.0. The van der Waals surface area contributed by atoms with Gasteiger partial charge in [0.1, 0.15) is 17.2 Å². The quantitative estimate of drug-likeness (QED) is 0.374. The van der Waals surface area contributed by atoms with Crippen LogP contribution in [0.15, 0.2) is 29.3 Å². The van der Waals surface area contributed by atoms with E-state index < -0.39 is 21.8 Å². The van der Waals surface area contributed by atoms with E-state index in [0.717, 1.165) is 32.1 Å². The van der Waals surface area contributed by atoms with Crippen LogP contribution in [0.3, 0.4) is 0 Å². The Morgan fingerprint density at radius 2 is 1.85 bits per heavy atom. The number of morpholine rings is 1. The predicted octanol–water partition coefficient (Wildman–Crippen LogP) is 4.18. The second-order valence-corrected chi connectivity index (χ2v) is 12.3. The van der Waals surface area contributed by atoms with E-state index in [0.29, 0.717) is 74.7 Å². The molecule has 5 heterocycles. The van der Waals surface area contributed by atoms with Crippen LogP contribution in [0.5, 0.6) is 5.75 Å². The lowest BCUT2D eigenvalue weighted by molar-refractivity contribution is -0.136.